The monoisotopic (exact) mass is 759 g/mol. The van der Waals surface area contributed by atoms with E-state index in [2.05, 4.69) is 143 Å². The number of hydrogen-bond acceptors (Lipinski definition) is 3. The zero-order valence-corrected chi connectivity index (χ0v) is 32.7. The molecule has 0 unspecified atom stereocenters. The van der Waals surface area contributed by atoms with Crippen LogP contribution >= 0.6 is 0 Å². The molecule has 2 aromatic heterocycles. The number of rotatable bonds is 6. The van der Waals surface area contributed by atoms with Crippen LogP contribution in [0.25, 0.3) is 77.3 Å². The molecular weight excluding hydrogens is 719 g/mol. The maximum Gasteiger partial charge on any atom is 0.187 e. The molecule has 0 aliphatic heterocycles. The van der Waals surface area contributed by atoms with Crippen LogP contribution in [-0.2, 0) is 5.41 Å². The first-order valence-corrected chi connectivity index (χ1v) is 21.1. The predicted molar refractivity (Wildman–Crippen MR) is 239 cm³/mol. The Morgan fingerprint density at radius 3 is 1.81 bits per heavy atom. The van der Waals surface area contributed by atoms with Crippen LogP contribution in [0.1, 0.15) is 43.2 Å². The molecule has 0 saturated heterocycles. The normalized spacial score (nSPS) is 21.9. The molecule has 5 heteroatoms. The highest BCUT2D eigenvalue weighted by Crippen LogP contribution is 2.66. The second-order valence-corrected chi connectivity index (χ2v) is 17.2. The highest BCUT2D eigenvalue weighted by molar-refractivity contribution is 6.10. The van der Waals surface area contributed by atoms with Crippen molar-refractivity contribution in [1.82, 2.24) is 19.5 Å². The number of para-hydroxylation sites is 2. The molecule has 2 heterocycles. The molecule has 13 rings (SSSR count). The summed E-state index contributed by atoms with van der Waals surface area (Å²) in [6.07, 6.45) is 6.48. The van der Waals surface area contributed by atoms with Crippen molar-refractivity contribution < 1.29 is 0 Å². The van der Waals surface area contributed by atoms with Gasteiger partial charge in [0.25, 0.3) is 0 Å². The number of benzene rings is 7. The number of aromatic nitrogens is 4. The van der Waals surface area contributed by atoms with Gasteiger partial charge in [0, 0.05) is 38.6 Å². The van der Waals surface area contributed by atoms with Crippen LogP contribution in [0.2, 0.25) is 0 Å². The fraction of sp³-hybridized carbons (Fsp3) is 0.185. The van der Waals surface area contributed by atoms with Gasteiger partial charge in [-0.3, -0.25) is 0 Å². The Morgan fingerprint density at radius 1 is 0.508 bits per heavy atom. The van der Waals surface area contributed by atoms with Gasteiger partial charge in [-0.15, -0.1) is 0 Å². The lowest BCUT2D eigenvalue weighted by Gasteiger charge is -2.62. The number of hydrogen-bond donors (Lipinski definition) is 0. The second-order valence-electron chi connectivity index (χ2n) is 17.2. The van der Waals surface area contributed by atoms with Gasteiger partial charge in [-0.25, -0.2) is 19.8 Å². The smallest absolute Gasteiger partial charge is 0.187 e. The fourth-order valence-corrected chi connectivity index (χ4v) is 11.9. The third-order valence-electron chi connectivity index (χ3n) is 14.1. The molecule has 282 valence electrons. The largest absolute Gasteiger partial charge is 0.309 e. The molecule has 4 fully saturated rings. The maximum absolute atomic E-state index is 7.64. The van der Waals surface area contributed by atoms with E-state index < -0.39 is 0 Å². The van der Waals surface area contributed by atoms with E-state index in [9.17, 15) is 0 Å². The van der Waals surface area contributed by atoms with Gasteiger partial charge >= 0.3 is 0 Å². The SMILES string of the molecule is [C-]#[N+]c1ccc(-n2c3ccccc3c3cccc(C4(c5ccc(-c6nc(-c7ccccc7)nc(-c7ccc8ccccc8c7)n6)cc5)C5CC6CC(C5)CC4C6)c32)cc1. The average molecular weight is 760 g/mol. The molecule has 5 nitrogen and oxygen atoms in total. The van der Waals surface area contributed by atoms with Crippen molar-refractivity contribution in [2.24, 2.45) is 23.7 Å². The van der Waals surface area contributed by atoms with Gasteiger partial charge in [-0.2, -0.15) is 0 Å². The van der Waals surface area contributed by atoms with E-state index in [4.69, 9.17) is 21.5 Å². The summed E-state index contributed by atoms with van der Waals surface area (Å²) in [6, 6.07) is 58.6. The molecule has 4 aliphatic rings. The average Bonchev–Trinajstić information content (AvgIpc) is 3.64. The molecular formula is C54H41N5. The summed E-state index contributed by atoms with van der Waals surface area (Å²) in [5.41, 5.74) is 9.86. The molecule has 0 spiro atoms. The summed E-state index contributed by atoms with van der Waals surface area (Å²) >= 11 is 0. The van der Waals surface area contributed by atoms with Gasteiger partial charge in [0.1, 0.15) is 0 Å². The first kappa shape index (κ1) is 34.2. The summed E-state index contributed by atoms with van der Waals surface area (Å²) in [6.45, 7) is 7.64. The zero-order chi connectivity index (χ0) is 39.1. The molecule has 0 radical (unpaired) electrons. The van der Waals surface area contributed by atoms with Gasteiger partial charge < -0.3 is 4.57 Å². The number of fused-ring (bicyclic) bond motifs is 4. The Morgan fingerprint density at radius 2 is 1.10 bits per heavy atom. The molecule has 59 heavy (non-hydrogen) atoms. The molecule has 7 aromatic carbocycles. The Hall–Kier alpha value is -6.90. The van der Waals surface area contributed by atoms with Gasteiger partial charge in [0.05, 0.1) is 17.6 Å². The highest BCUT2D eigenvalue weighted by Gasteiger charge is 2.59. The maximum atomic E-state index is 7.64. The van der Waals surface area contributed by atoms with E-state index in [1.165, 1.54) is 70.4 Å². The zero-order valence-electron chi connectivity index (χ0n) is 32.7. The van der Waals surface area contributed by atoms with E-state index >= 15 is 0 Å². The van der Waals surface area contributed by atoms with Gasteiger partial charge in [-0.05, 0) is 102 Å². The molecule has 0 N–H and O–H groups in total. The minimum atomic E-state index is -0.154. The minimum absolute atomic E-state index is 0.154. The van der Waals surface area contributed by atoms with E-state index in [1.54, 1.807) is 0 Å². The van der Waals surface area contributed by atoms with Gasteiger partial charge in [0.15, 0.2) is 23.2 Å². The van der Waals surface area contributed by atoms with Crippen molar-refractivity contribution in [2.45, 2.75) is 37.5 Å². The Bertz CT molecular complexity index is 3090. The van der Waals surface area contributed by atoms with E-state index in [0.29, 0.717) is 35.0 Å². The minimum Gasteiger partial charge on any atom is -0.309 e. The fourth-order valence-electron chi connectivity index (χ4n) is 11.9. The molecule has 0 atom stereocenters. The summed E-state index contributed by atoms with van der Waals surface area (Å²) in [4.78, 5) is 19.1. The topological polar surface area (TPSA) is 48.0 Å². The first-order valence-electron chi connectivity index (χ1n) is 21.1. The van der Waals surface area contributed by atoms with Crippen LogP contribution in [0.15, 0.2) is 164 Å². The molecule has 9 aromatic rings. The van der Waals surface area contributed by atoms with Crippen LogP contribution < -0.4 is 0 Å². The van der Waals surface area contributed by atoms with Crippen LogP contribution in [0.3, 0.4) is 0 Å². The van der Waals surface area contributed by atoms with Crippen molar-refractivity contribution >= 4 is 38.3 Å². The number of nitrogens with zero attached hydrogens (tertiary/aromatic N) is 5. The summed E-state index contributed by atoms with van der Waals surface area (Å²) in [5, 5.41) is 4.90. The highest BCUT2D eigenvalue weighted by atomic mass is 15.0. The van der Waals surface area contributed by atoms with Gasteiger partial charge in [0.2, 0.25) is 0 Å². The molecule has 4 saturated carbocycles. The lowest BCUT2D eigenvalue weighted by Crippen LogP contribution is -2.56. The van der Waals surface area contributed by atoms with Crippen molar-refractivity contribution in [3.05, 3.63) is 186 Å². The van der Waals surface area contributed by atoms with Crippen LogP contribution in [0.4, 0.5) is 5.69 Å². The van der Waals surface area contributed by atoms with E-state index in [-0.39, 0.29) is 5.41 Å². The summed E-state index contributed by atoms with van der Waals surface area (Å²) in [7, 11) is 0. The molecule has 0 amide bonds. The van der Waals surface area contributed by atoms with Crippen LogP contribution in [-0.4, -0.2) is 19.5 Å². The van der Waals surface area contributed by atoms with Crippen LogP contribution in [0, 0.1) is 30.2 Å². The summed E-state index contributed by atoms with van der Waals surface area (Å²) < 4.78 is 2.49. The van der Waals surface area contributed by atoms with Crippen molar-refractivity contribution in [1.29, 1.82) is 0 Å². The molecule has 4 aliphatic carbocycles. The van der Waals surface area contributed by atoms with Crippen molar-refractivity contribution in [3.8, 4) is 39.9 Å². The Labute approximate surface area is 343 Å². The summed E-state index contributed by atoms with van der Waals surface area (Å²) in [5.74, 6) is 4.74. The third kappa shape index (κ3) is 5.33. The standard InChI is InChI=1S/C54H41N5/c1-55-44-24-26-45(27-25-44)59-49-17-8-7-14-46(49)47-15-9-16-48(50(47)59)54(42-29-34-28-35(31-42)32-43(54)30-34)41-22-20-38(21-23-41)52-56-51(37-11-3-2-4-12-37)57-53(58-52)40-19-18-36-10-5-6-13-39(36)33-40/h2-27,33-35,42-43H,28-32H2. The van der Waals surface area contributed by atoms with Crippen LogP contribution in [0.5, 0.6) is 0 Å². The third-order valence-corrected chi connectivity index (χ3v) is 14.1. The first-order chi connectivity index (χ1) is 29.1. The lowest BCUT2D eigenvalue weighted by molar-refractivity contribution is -0.0413. The van der Waals surface area contributed by atoms with E-state index in [1.807, 2.05) is 30.3 Å². The lowest BCUT2D eigenvalue weighted by atomic mass is 9.42. The second kappa shape index (κ2) is 13.3. The quantitative estimate of drug-likeness (QED) is 0.159. The predicted octanol–water partition coefficient (Wildman–Crippen LogP) is 13.4. The van der Waals surface area contributed by atoms with E-state index in [0.717, 1.165) is 39.6 Å². The molecule has 4 bridgehead atoms. The van der Waals surface area contributed by atoms with Gasteiger partial charge in [-0.1, -0.05) is 140 Å². The Kier molecular flexibility index (Phi) is 7.72. The van der Waals surface area contributed by atoms with Crippen molar-refractivity contribution in [2.75, 3.05) is 0 Å². The van der Waals surface area contributed by atoms with Crippen molar-refractivity contribution in [3.63, 3.8) is 0 Å². The Balaban J connectivity index is 1.05.